The summed E-state index contributed by atoms with van der Waals surface area (Å²) in [6.45, 7) is -1.40. The lowest BCUT2D eigenvalue weighted by Gasteiger charge is -2.15. The zero-order valence-electron chi connectivity index (χ0n) is 12.8. The van der Waals surface area contributed by atoms with Crippen LogP contribution in [0.1, 0.15) is 12.0 Å². The van der Waals surface area contributed by atoms with Crippen LogP contribution in [0.25, 0.3) is 0 Å². The Kier molecular flexibility index (Phi) is 6.69. The Bertz CT molecular complexity index is 582. The van der Waals surface area contributed by atoms with Gasteiger partial charge in [0, 0.05) is 13.5 Å². The Morgan fingerprint density at radius 1 is 1.35 bits per heavy atom. The number of hydrogen-bond donors (Lipinski definition) is 0. The number of halogens is 3. The van der Waals surface area contributed by atoms with Gasteiger partial charge in [0.15, 0.2) is 18.1 Å². The molecule has 1 aromatic rings. The number of aryl methyl sites for hydroxylation is 1. The Labute approximate surface area is 132 Å². The Balaban J connectivity index is 2.68. The zero-order chi connectivity index (χ0) is 17.5. The summed E-state index contributed by atoms with van der Waals surface area (Å²) in [6.07, 6.45) is -3.87. The highest BCUT2D eigenvalue weighted by molar-refractivity contribution is 5.76. The normalized spacial score (nSPS) is 10.8. The monoisotopic (exact) mass is 330 g/mol. The number of amides is 1. The van der Waals surface area contributed by atoms with E-state index in [2.05, 4.69) is 4.74 Å². The van der Waals surface area contributed by atoms with Crippen molar-refractivity contribution in [3.63, 3.8) is 0 Å². The summed E-state index contributed by atoms with van der Waals surface area (Å²) in [7, 11) is 2.85. The molecule has 0 aliphatic rings. The van der Waals surface area contributed by atoms with E-state index < -0.39 is 12.8 Å². The van der Waals surface area contributed by atoms with Gasteiger partial charge in [0.05, 0.1) is 13.2 Å². The summed E-state index contributed by atoms with van der Waals surface area (Å²) in [5, 5.41) is 8.52. The van der Waals surface area contributed by atoms with Gasteiger partial charge in [-0.05, 0) is 24.1 Å². The molecule has 0 unspecified atom stereocenters. The van der Waals surface area contributed by atoms with E-state index in [1.165, 1.54) is 31.2 Å². The van der Waals surface area contributed by atoms with Crippen molar-refractivity contribution in [2.24, 2.45) is 0 Å². The van der Waals surface area contributed by atoms with Crippen molar-refractivity contribution in [1.82, 2.24) is 4.90 Å². The van der Waals surface area contributed by atoms with Crippen LogP contribution in [0.15, 0.2) is 18.2 Å². The number of nitriles is 1. The molecule has 1 amide bonds. The third-order valence-electron chi connectivity index (χ3n) is 2.98. The minimum atomic E-state index is -4.43. The van der Waals surface area contributed by atoms with E-state index in [0.717, 1.165) is 5.56 Å². The van der Waals surface area contributed by atoms with E-state index >= 15 is 0 Å². The molecule has 0 saturated carbocycles. The van der Waals surface area contributed by atoms with Crippen molar-refractivity contribution in [2.75, 3.05) is 27.3 Å². The number of hydrogen-bond acceptors (Lipinski definition) is 4. The lowest BCUT2D eigenvalue weighted by molar-refractivity contribution is -0.153. The van der Waals surface area contributed by atoms with Crippen LogP contribution in [0.2, 0.25) is 0 Å². The molecule has 0 N–H and O–H groups in total. The smallest absolute Gasteiger partial charge is 0.422 e. The maximum Gasteiger partial charge on any atom is 0.422 e. The van der Waals surface area contributed by atoms with Gasteiger partial charge in [0.25, 0.3) is 0 Å². The molecule has 1 aromatic carbocycles. The number of carbonyl (C=O) groups excluding carboxylic acids is 1. The van der Waals surface area contributed by atoms with Gasteiger partial charge in [-0.3, -0.25) is 4.79 Å². The Hall–Kier alpha value is -2.43. The molecule has 0 radical (unpaired) electrons. The van der Waals surface area contributed by atoms with Gasteiger partial charge in [-0.25, -0.2) is 0 Å². The Morgan fingerprint density at radius 3 is 2.61 bits per heavy atom. The van der Waals surface area contributed by atoms with Crippen LogP contribution < -0.4 is 9.47 Å². The number of methoxy groups -OCH3 is 1. The highest BCUT2D eigenvalue weighted by atomic mass is 19.4. The molecule has 126 valence electrons. The van der Waals surface area contributed by atoms with Crippen LogP contribution in [-0.4, -0.2) is 44.3 Å². The highest BCUT2D eigenvalue weighted by Gasteiger charge is 2.29. The summed E-state index contributed by atoms with van der Waals surface area (Å²) >= 11 is 0. The average molecular weight is 330 g/mol. The first-order chi connectivity index (χ1) is 10.8. The van der Waals surface area contributed by atoms with Gasteiger partial charge in [-0.1, -0.05) is 6.07 Å². The van der Waals surface area contributed by atoms with Crippen LogP contribution >= 0.6 is 0 Å². The molecule has 8 heteroatoms. The van der Waals surface area contributed by atoms with Crippen LogP contribution in [0.5, 0.6) is 11.5 Å². The summed E-state index contributed by atoms with van der Waals surface area (Å²) in [4.78, 5) is 13.0. The molecule has 0 aliphatic heterocycles. The van der Waals surface area contributed by atoms with Crippen molar-refractivity contribution in [3.8, 4) is 17.6 Å². The van der Waals surface area contributed by atoms with Gasteiger partial charge in [0.1, 0.15) is 6.54 Å². The lowest BCUT2D eigenvalue weighted by atomic mass is 10.1. The van der Waals surface area contributed by atoms with Crippen molar-refractivity contribution >= 4 is 5.91 Å². The first kappa shape index (κ1) is 18.6. The molecule has 0 aromatic heterocycles. The Morgan fingerprint density at radius 2 is 2.04 bits per heavy atom. The molecule has 0 heterocycles. The topological polar surface area (TPSA) is 62.6 Å². The van der Waals surface area contributed by atoms with E-state index in [9.17, 15) is 18.0 Å². The molecule has 0 bridgehead atoms. The number of alkyl halides is 3. The number of benzene rings is 1. The van der Waals surface area contributed by atoms with Gasteiger partial charge in [0.2, 0.25) is 5.91 Å². The van der Waals surface area contributed by atoms with Crippen LogP contribution in [0.3, 0.4) is 0 Å². The first-order valence-corrected chi connectivity index (χ1v) is 6.74. The third kappa shape index (κ3) is 6.46. The third-order valence-corrected chi connectivity index (χ3v) is 2.98. The van der Waals surface area contributed by atoms with Crippen LogP contribution in [0, 0.1) is 11.3 Å². The summed E-state index contributed by atoms with van der Waals surface area (Å²) in [5.74, 6) is -0.0333. The van der Waals surface area contributed by atoms with Gasteiger partial charge < -0.3 is 14.4 Å². The number of carbonyl (C=O) groups is 1. The number of nitrogens with zero attached hydrogens (tertiary/aromatic N) is 2. The van der Waals surface area contributed by atoms with Crippen molar-refractivity contribution in [2.45, 2.75) is 19.0 Å². The van der Waals surface area contributed by atoms with E-state index in [4.69, 9.17) is 10.00 Å². The van der Waals surface area contributed by atoms with E-state index in [1.807, 2.05) is 6.07 Å². The van der Waals surface area contributed by atoms with Crippen molar-refractivity contribution < 1.29 is 27.4 Å². The van der Waals surface area contributed by atoms with Gasteiger partial charge >= 0.3 is 6.18 Å². The van der Waals surface area contributed by atoms with E-state index in [1.54, 1.807) is 6.07 Å². The predicted octanol–water partition coefficient (Wildman–Crippen LogP) is 2.55. The quantitative estimate of drug-likeness (QED) is 0.721. The highest BCUT2D eigenvalue weighted by Crippen LogP contribution is 2.30. The molecule has 0 atom stereocenters. The molecule has 5 nitrogen and oxygen atoms in total. The zero-order valence-corrected chi connectivity index (χ0v) is 12.8. The maximum absolute atomic E-state index is 12.2. The first-order valence-electron chi connectivity index (χ1n) is 6.74. The average Bonchev–Trinajstić information content (AvgIpc) is 2.50. The number of rotatable bonds is 7. The van der Waals surface area contributed by atoms with E-state index in [0.29, 0.717) is 6.42 Å². The van der Waals surface area contributed by atoms with Crippen molar-refractivity contribution in [3.05, 3.63) is 23.8 Å². The largest absolute Gasteiger partial charge is 0.493 e. The molecule has 0 aliphatic carbocycles. The minimum absolute atomic E-state index is 0.00632. The summed E-state index contributed by atoms with van der Waals surface area (Å²) in [5.41, 5.74) is 0.722. The summed E-state index contributed by atoms with van der Waals surface area (Å²) < 4.78 is 46.2. The molecule has 0 spiro atoms. The molecule has 1 rings (SSSR count). The molecule has 0 saturated heterocycles. The molecule has 23 heavy (non-hydrogen) atoms. The van der Waals surface area contributed by atoms with Crippen molar-refractivity contribution in [1.29, 1.82) is 5.26 Å². The maximum atomic E-state index is 12.2. The van der Waals surface area contributed by atoms with Crippen LogP contribution in [-0.2, 0) is 11.2 Å². The van der Waals surface area contributed by atoms with Gasteiger partial charge in [-0.15, -0.1) is 0 Å². The molecular formula is C15H17F3N2O3. The van der Waals surface area contributed by atoms with Crippen LogP contribution in [0.4, 0.5) is 13.2 Å². The SMILES string of the molecule is COc1cc(CCC(=O)N(C)CC#N)ccc1OCC(F)(F)F. The molecular weight excluding hydrogens is 313 g/mol. The fourth-order valence-corrected chi connectivity index (χ4v) is 1.78. The van der Waals surface area contributed by atoms with E-state index in [-0.39, 0.29) is 30.4 Å². The van der Waals surface area contributed by atoms with Gasteiger partial charge in [-0.2, -0.15) is 18.4 Å². The minimum Gasteiger partial charge on any atom is -0.493 e. The lowest BCUT2D eigenvalue weighted by Crippen LogP contribution is -2.27. The second-order valence-corrected chi connectivity index (χ2v) is 4.80. The molecule has 0 fully saturated rings. The fourth-order valence-electron chi connectivity index (χ4n) is 1.78. The fraction of sp³-hybridized carbons (Fsp3) is 0.467. The predicted molar refractivity (Wildman–Crippen MR) is 76.1 cm³/mol. The standard InChI is InChI=1S/C15H17F3N2O3/c1-20(8-7-19)14(21)6-4-11-3-5-12(13(9-11)22-2)23-10-15(16,17)18/h3,5,9H,4,6,8,10H2,1-2H3. The number of ether oxygens (including phenoxy) is 2. The second kappa shape index (κ2) is 8.27. The summed E-state index contributed by atoms with van der Waals surface area (Å²) in [6, 6.07) is 6.36. The second-order valence-electron chi connectivity index (χ2n) is 4.80.